The monoisotopic (exact) mass is 382 g/mol. The molecule has 0 radical (unpaired) electrons. The maximum absolute atomic E-state index is 12.7. The zero-order valence-corrected chi connectivity index (χ0v) is 15.7. The molecule has 142 valence electrons. The molecular formula is C23H18N4O2. The normalized spacial score (nSPS) is 11.1. The molecule has 0 saturated carbocycles. The molecule has 6 nitrogen and oxygen atoms in total. The zero-order valence-electron chi connectivity index (χ0n) is 15.7. The van der Waals surface area contributed by atoms with Crippen LogP contribution in [0, 0.1) is 0 Å². The molecule has 2 aromatic carbocycles. The average molecular weight is 382 g/mol. The minimum atomic E-state index is -0.172. The van der Waals surface area contributed by atoms with Crippen LogP contribution in [0.15, 0.2) is 79.3 Å². The molecule has 0 saturated heterocycles. The number of H-pyrrole nitrogens is 1. The van der Waals surface area contributed by atoms with Gasteiger partial charge in [-0.25, -0.2) is 4.98 Å². The van der Waals surface area contributed by atoms with E-state index in [1.807, 2.05) is 72.5 Å². The van der Waals surface area contributed by atoms with Crippen LogP contribution in [0.5, 0.6) is 11.6 Å². The number of hydrogen-bond acceptors (Lipinski definition) is 3. The standard InChI is InChI=1S/C23H18N4O2/c1-27-14-18(16-5-2-3-7-20(16)27)23(28)26-15-9-10-22(25-13-15)29-21-8-4-6-19-17(21)11-12-24-19/h2-14,24H,1H3,(H,26,28). The van der Waals surface area contributed by atoms with Crippen molar-refractivity contribution in [2.75, 3.05) is 5.32 Å². The SMILES string of the molecule is Cn1cc(C(=O)Nc2ccc(Oc3cccc4[nH]ccc34)nc2)c2ccccc21. The molecule has 0 aliphatic rings. The van der Waals surface area contributed by atoms with E-state index < -0.39 is 0 Å². The Morgan fingerprint density at radius 1 is 1.03 bits per heavy atom. The van der Waals surface area contributed by atoms with Crippen molar-refractivity contribution in [3.63, 3.8) is 0 Å². The third kappa shape index (κ3) is 3.10. The summed E-state index contributed by atoms with van der Waals surface area (Å²) in [6.45, 7) is 0. The number of pyridine rings is 1. The van der Waals surface area contributed by atoms with Gasteiger partial charge in [0.1, 0.15) is 5.75 Å². The molecule has 0 fully saturated rings. The van der Waals surface area contributed by atoms with Crippen molar-refractivity contribution in [2.24, 2.45) is 7.05 Å². The van der Waals surface area contributed by atoms with Gasteiger partial charge in [0.25, 0.3) is 5.91 Å². The van der Waals surface area contributed by atoms with Crippen molar-refractivity contribution in [1.29, 1.82) is 0 Å². The van der Waals surface area contributed by atoms with E-state index in [-0.39, 0.29) is 5.91 Å². The van der Waals surface area contributed by atoms with Crippen LogP contribution in [-0.2, 0) is 7.05 Å². The molecule has 0 bridgehead atoms. The predicted molar refractivity (Wildman–Crippen MR) is 113 cm³/mol. The van der Waals surface area contributed by atoms with Crippen molar-refractivity contribution in [1.82, 2.24) is 14.5 Å². The summed E-state index contributed by atoms with van der Waals surface area (Å²) < 4.78 is 7.85. The summed E-state index contributed by atoms with van der Waals surface area (Å²) >= 11 is 0. The largest absolute Gasteiger partial charge is 0.438 e. The summed E-state index contributed by atoms with van der Waals surface area (Å²) in [4.78, 5) is 20.2. The Balaban J connectivity index is 1.35. The number of aromatic amines is 1. The van der Waals surface area contributed by atoms with Gasteiger partial charge >= 0.3 is 0 Å². The lowest BCUT2D eigenvalue weighted by molar-refractivity contribution is 0.102. The highest BCUT2D eigenvalue weighted by atomic mass is 16.5. The van der Waals surface area contributed by atoms with Crippen LogP contribution < -0.4 is 10.1 Å². The molecular weight excluding hydrogens is 364 g/mol. The number of carbonyl (C=O) groups is 1. The number of rotatable bonds is 4. The molecule has 0 unspecified atom stereocenters. The van der Waals surface area contributed by atoms with Crippen molar-refractivity contribution in [3.8, 4) is 11.6 Å². The molecule has 1 amide bonds. The smallest absolute Gasteiger partial charge is 0.257 e. The van der Waals surface area contributed by atoms with E-state index >= 15 is 0 Å². The number of para-hydroxylation sites is 1. The van der Waals surface area contributed by atoms with Crippen LogP contribution in [0.25, 0.3) is 21.8 Å². The van der Waals surface area contributed by atoms with Crippen molar-refractivity contribution >= 4 is 33.4 Å². The summed E-state index contributed by atoms with van der Waals surface area (Å²) in [6, 6.07) is 19.1. The molecule has 3 aromatic heterocycles. The number of amides is 1. The Morgan fingerprint density at radius 3 is 2.79 bits per heavy atom. The second-order valence-corrected chi connectivity index (χ2v) is 6.81. The summed E-state index contributed by atoms with van der Waals surface area (Å²) in [7, 11) is 1.93. The second kappa shape index (κ2) is 6.83. The number of fused-ring (bicyclic) bond motifs is 2. The molecule has 0 aliphatic carbocycles. The second-order valence-electron chi connectivity index (χ2n) is 6.81. The van der Waals surface area contributed by atoms with E-state index in [1.165, 1.54) is 0 Å². The van der Waals surface area contributed by atoms with Crippen molar-refractivity contribution in [2.45, 2.75) is 0 Å². The van der Waals surface area contributed by atoms with Crippen LogP contribution in [0.3, 0.4) is 0 Å². The van der Waals surface area contributed by atoms with Crippen LogP contribution in [0.4, 0.5) is 5.69 Å². The Bertz CT molecular complexity index is 1330. The van der Waals surface area contributed by atoms with E-state index in [1.54, 1.807) is 18.3 Å². The highest BCUT2D eigenvalue weighted by molar-refractivity contribution is 6.12. The minimum absolute atomic E-state index is 0.172. The lowest BCUT2D eigenvalue weighted by atomic mass is 10.1. The molecule has 0 spiro atoms. The van der Waals surface area contributed by atoms with Crippen LogP contribution in [0.2, 0.25) is 0 Å². The quantitative estimate of drug-likeness (QED) is 0.454. The number of aromatic nitrogens is 3. The number of nitrogens with one attached hydrogen (secondary N) is 2. The van der Waals surface area contributed by atoms with Gasteiger partial charge in [-0.15, -0.1) is 0 Å². The number of anilines is 1. The van der Waals surface area contributed by atoms with Gasteiger partial charge < -0.3 is 19.6 Å². The van der Waals surface area contributed by atoms with Gasteiger partial charge in [0.2, 0.25) is 5.88 Å². The lowest BCUT2D eigenvalue weighted by Gasteiger charge is -2.08. The molecule has 29 heavy (non-hydrogen) atoms. The maximum atomic E-state index is 12.7. The molecule has 5 aromatic rings. The van der Waals surface area contributed by atoms with E-state index in [4.69, 9.17) is 4.74 Å². The van der Waals surface area contributed by atoms with Gasteiger partial charge in [-0.2, -0.15) is 0 Å². The Kier molecular flexibility index (Phi) is 4.02. The number of aryl methyl sites for hydroxylation is 1. The van der Waals surface area contributed by atoms with Gasteiger partial charge in [-0.05, 0) is 30.3 Å². The highest BCUT2D eigenvalue weighted by Crippen LogP contribution is 2.29. The summed E-state index contributed by atoms with van der Waals surface area (Å²) in [5.41, 5.74) is 3.25. The fraction of sp³-hybridized carbons (Fsp3) is 0.0435. The van der Waals surface area contributed by atoms with E-state index in [0.29, 0.717) is 17.1 Å². The topological polar surface area (TPSA) is 71.9 Å². The molecule has 6 heteroatoms. The van der Waals surface area contributed by atoms with Gasteiger partial charge in [-0.1, -0.05) is 24.3 Å². The van der Waals surface area contributed by atoms with Gasteiger partial charge in [0.15, 0.2) is 0 Å². The predicted octanol–water partition coefficient (Wildman–Crippen LogP) is 5.10. The first-order valence-corrected chi connectivity index (χ1v) is 9.24. The minimum Gasteiger partial charge on any atom is -0.438 e. The number of hydrogen-bond donors (Lipinski definition) is 2. The van der Waals surface area contributed by atoms with E-state index in [0.717, 1.165) is 27.6 Å². The van der Waals surface area contributed by atoms with E-state index in [9.17, 15) is 4.79 Å². The van der Waals surface area contributed by atoms with Gasteiger partial charge in [-0.3, -0.25) is 4.79 Å². The third-order valence-corrected chi connectivity index (χ3v) is 4.91. The molecule has 0 atom stereocenters. The zero-order chi connectivity index (χ0) is 19.8. The van der Waals surface area contributed by atoms with Crippen molar-refractivity contribution < 1.29 is 9.53 Å². The maximum Gasteiger partial charge on any atom is 0.257 e. The Hall–Kier alpha value is -4.06. The average Bonchev–Trinajstić information content (AvgIpc) is 3.35. The lowest BCUT2D eigenvalue weighted by Crippen LogP contribution is -2.11. The number of ether oxygens (including phenoxy) is 1. The number of nitrogens with zero attached hydrogens (tertiary/aromatic N) is 2. The summed E-state index contributed by atoms with van der Waals surface area (Å²) in [5, 5.41) is 4.81. The fourth-order valence-corrected chi connectivity index (χ4v) is 3.49. The molecule has 5 rings (SSSR count). The first-order chi connectivity index (χ1) is 14.2. The van der Waals surface area contributed by atoms with Gasteiger partial charge in [0, 0.05) is 47.3 Å². The third-order valence-electron chi connectivity index (χ3n) is 4.91. The van der Waals surface area contributed by atoms with Crippen LogP contribution in [0.1, 0.15) is 10.4 Å². The molecule has 0 aliphatic heterocycles. The summed E-state index contributed by atoms with van der Waals surface area (Å²) in [6.07, 6.45) is 5.30. The first-order valence-electron chi connectivity index (χ1n) is 9.24. The highest BCUT2D eigenvalue weighted by Gasteiger charge is 2.14. The first kappa shape index (κ1) is 17.1. The van der Waals surface area contributed by atoms with Crippen LogP contribution in [-0.4, -0.2) is 20.4 Å². The number of carbonyl (C=O) groups excluding carboxylic acids is 1. The summed E-state index contributed by atoms with van der Waals surface area (Å²) in [5.74, 6) is 1.01. The molecule has 2 N–H and O–H groups in total. The fourth-order valence-electron chi connectivity index (χ4n) is 3.49. The Labute approximate surface area is 166 Å². The Morgan fingerprint density at radius 2 is 1.93 bits per heavy atom. The van der Waals surface area contributed by atoms with Gasteiger partial charge in [0.05, 0.1) is 17.4 Å². The van der Waals surface area contributed by atoms with E-state index in [2.05, 4.69) is 15.3 Å². The number of benzene rings is 2. The van der Waals surface area contributed by atoms with Crippen molar-refractivity contribution in [3.05, 3.63) is 84.8 Å². The van der Waals surface area contributed by atoms with Crippen LogP contribution >= 0.6 is 0 Å². The molecule has 3 heterocycles.